The van der Waals surface area contributed by atoms with Gasteiger partial charge in [0.2, 0.25) is 5.88 Å². The highest BCUT2D eigenvalue weighted by Crippen LogP contribution is 2.26. The molecule has 0 bridgehead atoms. The second-order valence-electron chi connectivity index (χ2n) is 3.31. The summed E-state index contributed by atoms with van der Waals surface area (Å²) in [5.41, 5.74) is 5.22. The Kier molecular flexibility index (Phi) is 3.17. The van der Waals surface area contributed by atoms with Gasteiger partial charge in [-0.1, -0.05) is 11.6 Å². The molecule has 7 heteroatoms. The molecule has 0 fully saturated rings. The second-order valence-corrected chi connectivity index (χ2v) is 3.71. The van der Waals surface area contributed by atoms with Gasteiger partial charge in [-0.05, 0) is 12.1 Å². The van der Waals surface area contributed by atoms with E-state index < -0.39 is 5.56 Å². The lowest BCUT2D eigenvalue weighted by molar-refractivity contribution is 0.463. The van der Waals surface area contributed by atoms with Crippen LogP contribution in [0.1, 0.15) is 5.56 Å². The van der Waals surface area contributed by atoms with E-state index in [1.807, 2.05) is 6.07 Å². The lowest BCUT2D eigenvalue weighted by Gasteiger charge is -2.06. The number of aromatic amines is 1. The number of nitrogens with one attached hydrogen (secondary N) is 1. The number of nitrogen functional groups attached to an aromatic ring is 1. The zero-order valence-corrected chi connectivity index (χ0v) is 9.73. The van der Waals surface area contributed by atoms with Gasteiger partial charge in [0.25, 0.3) is 5.56 Å². The van der Waals surface area contributed by atoms with Crippen LogP contribution >= 0.6 is 11.6 Å². The fraction of sp³-hybridized carbons (Fsp3) is 0. The predicted molar refractivity (Wildman–Crippen MR) is 65.5 cm³/mol. The molecule has 2 aromatic rings. The van der Waals surface area contributed by atoms with Crippen LogP contribution in [0.25, 0.3) is 0 Å². The van der Waals surface area contributed by atoms with Gasteiger partial charge in [-0.25, -0.2) is 4.98 Å². The Balaban J connectivity index is 2.35. The van der Waals surface area contributed by atoms with Gasteiger partial charge in [0.05, 0.1) is 16.9 Å². The quantitative estimate of drug-likeness (QED) is 0.856. The van der Waals surface area contributed by atoms with Crippen LogP contribution in [-0.2, 0) is 0 Å². The first-order chi connectivity index (χ1) is 8.61. The summed E-state index contributed by atoms with van der Waals surface area (Å²) < 4.78 is 5.32. The number of nitriles is 1. The topological polar surface area (TPSA) is 105 Å². The van der Waals surface area contributed by atoms with E-state index in [0.29, 0.717) is 11.3 Å². The van der Waals surface area contributed by atoms with E-state index in [2.05, 4.69) is 9.97 Å². The number of benzene rings is 1. The van der Waals surface area contributed by atoms with Crippen molar-refractivity contribution in [2.45, 2.75) is 0 Å². The molecule has 6 nitrogen and oxygen atoms in total. The van der Waals surface area contributed by atoms with E-state index in [0.717, 1.165) is 0 Å². The molecule has 0 aliphatic carbocycles. The molecule has 1 aromatic carbocycles. The molecule has 1 aromatic heterocycles. The normalized spacial score (nSPS) is 9.78. The molecule has 3 N–H and O–H groups in total. The zero-order valence-electron chi connectivity index (χ0n) is 8.98. The molecule has 0 aliphatic heterocycles. The summed E-state index contributed by atoms with van der Waals surface area (Å²) >= 11 is 5.84. The maximum absolute atomic E-state index is 11.2. The molecule has 0 atom stereocenters. The first-order valence-corrected chi connectivity index (χ1v) is 5.20. The van der Waals surface area contributed by atoms with Gasteiger partial charge in [0.15, 0.2) is 5.69 Å². The Hall–Kier alpha value is -2.52. The van der Waals surface area contributed by atoms with Gasteiger partial charge in [-0.2, -0.15) is 5.26 Å². The maximum atomic E-state index is 11.2. The lowest BCUT2D eigenvalue weighted by Crippen LogP contribution is -2.13. The molecule has 18 heavy (non-hydrogen) atoms. The average Bonchev–Trinajstić information content (AvgIpc) is 2.35. The molecule has 0 aliphatic rings. The van der Waals surface area contributed by atoms with Crippen LogP contribution in [0.15, 0.2) is 29.3 Å². The van der Waals surface area contributed by atoms with Gasteiger partial charge >= 0.3 is 0 Å². The van der Waals surface area contributed by atoms with Crippen molar-refractivity contribution in [2.75, 3.05) is 5.73 Å². The van der Waals surface area contributed by atoms with Crippen LogP contribution in [0, 0.1) is 11.3 Å². The summed E-state index contributed by atoms with van der Waals surface area (Å²) in [5, 5.41) is 8.98. The van der Waals surface area contributed by atoms with Crippen molar-refractivity contribution in [2.24, 2.45) is 0 Å². The Bertz CT molecular complexity index is 690. The Morgan fingerprint density at radius 2 is 2.28 bits per heavy atom. The minimum atomic E-state index is -0.486. The third-order valence-corrected chi connectivity index (χ3v) is 2.44. The smallest absolute Gasteiger partial charge is 0.277 e. The molecule has 0 spiro atoms. The number of halogens is 1. The lowest BCUT2D eigenvalue weighted by atomic mass is 10.2. The van der Waals surface area contributed by atoms with Crippen LogP contribution in [-0.4, -0.2) is 9.97 Å². The molecule has 0 amide bonds. The van der Waals surface area contributed by atoms with Gasteiger partial charge in [-0.15, -0.1) is 0 Å². The van der Waals surface area contributed by atoms with Crippen molar-refractivity contribution in [1.29, 1.82) is 5.26 Å². The van der Waals surface area contributed by atoms with Crippen LogP contribution in [0.2, 0.25) is 5.02 Å². The van der Waals surface area contributed by atoms with Crippen LogP contribution in [0.4, 0.5) is 5.69 Å². The van der Waals surface area contributed by atoms with Crippen molar-refractivity contribution in [3.05, 3.63) is 45.5 Å². The van der Waals surface area contributed by atoms with Gasteiger partial charge in [-0.3, -0.25) is 4.79 Å². The summed E-state index contributed by atoms with van der Waals surface area (Å²) in [6, 6.07) is 6.41. The molecular weight excluding hydrogens is 256 g/mol. The van der Waals surface area contributed by atoms with E-state index in [4.69, 9.17) is 27.3 Å². The molecular formula is C11H7ClN4O2. The van der Waals surface area contributed by atoms with Gasteiger partial charge in [0, 0.05) is 6.07 Å². The third-order valence-electron chi connectivity index (χ3n) is 2.13. The summed E-state index contributed by atoms with van der Waals surface area (Å²) in [5.74, 6) is 0.323. The van der Waals surface area contributed by atoms with Crippen molar-refractivity contribution in [3.8, 4) is 17.7 Å². The minimum absolute atomic E-state index is 0.0143. The Morgan fingerprint density at radius 1 is 1.50 bits per heavy atom. The number of nitrogens with two attached hydrogens (primary N) is 1. The first-order valence-electron chi connectivity index (χ1n) is 4.82. The third kappa shape index (κ3) is 2.26. The highest BCUT2D eigenvalue weighted by atomic mass is 35.5. The Morgan fingerprint density at radius 3 is 2.94 bits per heavy atom. The second kappa shape index (κ2) is 4.77. The summed E-state index contributed by atoms with van der Waals surface area (Å²) in [4.78, 5) is 17.3. The number of rotatable bonds is 2. The van der Waals surface area contributed by atoms with Crippen LogP contribution in [0.5, 0.6) is 11.6 Å². The molecule has 2 rings (SSSR count). The molecule has 90 valence electrons. The largest absolute Gasteiger partial charge is 0.437 e. The number of anilines is 1. The van der Waals surface area contributed by atoms with E-state index in [9.17, 15) is 4.79 Å². The summed E-state index contributed by atoms with van der Waals surface area (Å²) in [6.45, 7) is 0. The summed E-state index contributed by atoms with van der Waals surface area (Å²) in [6.07, 6.45) is 1.18. The minimum Gasteiger partial charge on any atom is -0.437 e. The maximum Gasteiger partial charge on any atom is 0.277 e. The number of hydrogen-bond acceptors (Lipinski definition) is 5. The van der Waals surface area contributed by atoms with Crippen molar-refractivity contribution < 1.29 is 4.74 Å². The predicted octanol–water partition coefficient (Wildman–Crippen LogP) is 1.67. The molecule has 0 unspecified atom stereocenters. The van der Waals surface area contributed by atoms with Crippen molar-refractivity contribution in [3.63, 3.8) is 0 Å². The molecule has 0 saturated carbocycles. The number of ether oxygens (including phenoxy) is 1. The zero-order chi connectivity index (χ0) is 13.1. The molecule has 0 radical (unpaired) electrons. The standard InChI is InChI=1S/C11H7ClN4O2/c12-8-3-7(2-1-6(8)4-13)18-11-9(14)10(17)15-5-16-11/h1-3,5H,14H2,(H,15,16,17). The number of aromatic nitrogens is 2. The van der Waals surface area contributed by atoms with E-state index in [-0.39, 0.29) is 16.6 Å². The number of H-pyrrole nitrogens is 1. The molecule has 0 saturated heterocycles. The number of nitrogens with zero attached hydrogens (tertiary/aromatic N) is 2. The average molecular weight is 263 g/mol. The fourth-order valence-corrected chi connectivity index (χ4v) is 1.45. The Labute approximate surface area is 107 Å². The van der Waals surface area contributed by atoms with Crippen molar-refractivity contribution in [1.82, 2.24) is 9.97 Å². The van der Waals surface area contributed by atoms with E-state index in [1.165, 1.54) is 24.5 Å². The SMILES string of the molecule is N#Cc1ccc(Oc2nc[nH]c(=O)c2N)cc1Cl. The van der Waals surface area contributed by atoms with E-state index in [1.54, 1.807) is 0 Å². The van der Waals surface area contributed by atoms with Crippen molar-refractivity contribution >= 4 is 17.3 Å². The van der Waals surface area contributed by atoms with Gasteiger partial charge in [0.1, 0.15) is 11.8 Å². The highest BCUT2D eigenvalue weighted by molar-refractivity contribution is 6.31. The molecule has 1 heterocycles. The van der Waals surface area contributed by atoms with Crippen LogP contribution in [0.3, 0.4) is 0 Å². The van der Waals surface area contributed by atoms with Crippen LogP contribution < -0.4 is 16.0 Å². The monoisotopic (exact) mass is 262 g/mol. The number of hydrogen-bond donors (Lipinski definition) is 2. The first kappa shape index (κ1) is 12.0. The fourth-order valence-electron chi connectivity index (χ4n) is 1.24. The summed E-state index contributed by atoms with van der Waals surface area (Å²) in [7, 11) is 0. The highest BCUT2D eigenvalue weighted by Gasteiger charge is 2.08. The van der Waals surface area contributed by atoms with Gasteiger partial charge < -0.3 is 15.5 Å². The van der Waals surface area contributed by atoms with E-state index >= 15 is 0 Å².